The summed E-state index contributed by atoms with van der Waals surface area (Å²) in [7, 11) is -6.13. The molecule has 0 bridgehead atoms. The number of carbonyl (C=O) groups excluding carboxylic acids is 2. The average molecular weight is 1540 g/mol. The highest BCUT2D eigenvalue weighted by Gasteiger charge is 2.39. The maximum Gasteiger partial charge on any atom is 0.373 e. The molecule has 0 saturated carbocycles. The van der Waals surface area contributed by atoms with Crippen molar-refractivity contribution in [3.63, 3.8) is 0 Å². The van der Waals surface area contributed by atoms with E-state index in [4.69, 9.17) is 19.1 Å². The highest BCUT2D eigenvalue weighted by Crippen LogP contribution is 2.45. The molecule has 20 nitrogen and oxygen atoms in total. The van der Waals surface area contributed by atoms with Gasteiger partial charge in [-0.2, -0.15) is 9.59 Å². The molecule has 8 aromatic carbocycles. The van der Waals surface area contributed by atoms with Crippen LogP contribution in [0.4, 0.5) is 22.7 Å². The van der Waals surface area contributed by atoms with Gasteiger partial charge in [-0.25, -0.2) is 33.7 Å². The molecule has 24 heteroatoms. The molecule has 0 fully saturated rings. The summed E-state index contributed by atoms with van der Waals surface area (Å²) in [5.41, 5.74) is 13.9. The van der Waals surface area contributed by atoms with Crippen LogP contribution in [0.15, 0.2) is 189 Å². The average Bonchev–Trinajstić information content (AvgIpc) is 1.64. The van der Waals surface area contributed by atoms with Crippen molar-refractivity contribution in [2.75, 3.05) is 98.5 Å². The molecule has 107 heavy (non-hydrogen) atoms. The minimum absolute atomic E-state index is 0.122. The number of methoxy groups -OCH3 is 1. The lowest BCUT2D eigenvalue weighted by molar-refractivity contribution is -0.191. The summed E-state index contributed by atoms with van der Waals surface area (Å²) >= 11 is 0. The SMILES string of the molecule is CCCCCCCCNC1c2ccccc2N(C)S(=O)(=O)c2cc(C)ccc21.CCCCCNC1c2ccccc2N(C)S(=O)(=O)c2cc(C)ccc21.CCOCCCNC1c2ccccc2N(C)S(=O)(=O)c2cc(C)ccc21.COCCCNC1c2ccccc2N(C)S(=O)(=O)c2cc(C)ccc21.O=C=O. The Balaban J connectivity index is 0.000000178. The van der Waals surface area contributed by atoms with E-state index in [-0.39, 0.29) is 30.3 Å². The first-order chi connectivity index (χ1) is 51.3. The number of sulfonamides is 4. The van der Waals surface area contributed by atoms with Crippen LogP contribution in [0.2, 0.25) is 0 Å². The zero-order chi connectivity index (χ0) is 77.6. The Hall–Kier alpha value is -8.10. The molecule has 12 rings (SSSR count). The second-order valence-corrected chi connectivity index (χ2v) is 35.0. The van der Waals surface area contributed by atoms with Crippen molar-refractivity contribution < 1.29 is 52.7 Å². The molecule has 4 aliphatic rings. The van der Waals surface area contributed by atoms with Gasteiger partial charge in [-0.15, -0.1) is 0 Å². The molecular formula is C83H108N8O12S4. The van der Waals surface area contributed by atoms with Crippen molar-refractivity contribution >= 4 is 69.0 Å². The van der Waals surface area contributed by atoms with Gasteiger partial charge < -0.3 is 30.7 Å². The topological polar surface area (TPSA) is 250 Å². The van der Waals surface area contributed by atoms with Crippen LogP contribution in [0.1, 0.15) is 182 Å². The van der Waals surface area contributed by atoms with E-state index in [1.165, 1.54) is 55.7 Å². The molecule has 0 aromatic heterocycles. The van der Waals surface area contributed by atoms with Crippen molar-refractivity contribution in [3.8, 4) is 0 Å². The maximum atomic E-state index is 13.3. The quantitative estimate of drug-likeness (QED) is 0.0411. The molecule has 4 aliphatic heterocycles. The van der Waals surface area contributed by atoms with Gasteiger partial charge >= 0.3 is 6.15 Å². The van der Waals surface area contributed by atoms with E-state index in [1.807, 2.05) is 180 Å². The molecular weight excluding hydrogens is 1430 g/mol. The van der Waals surface area contributed by atoms with E-state index >= 15 is 0 Å². The van der Waals surface area contributed by atoms with Gasteiger partial charge in [0.2, 0.25) is 0 Å². The highest BCUT2D eigenvalue weighted by atomic mass is 32.2. The second-order valence-electron chi connectivity index (χ2n) is 27.3. The molecule has 4 N–H and O–H groups in total. The lowest BCUT2D eigenvalue weighted by Gasteiger charge is -2.22. The van der Waals surface area contributed by atoms with Crippen molar-refractivity contribution in [1.82, 2.24) is 21.3 Å². The van der Waals surface area contributed by atoms with Gasteiger partial charge in [0.1, 0.15) is 0 Å². The summed E-state index contributed by atoms with van der Waals surface area (Å²) < 4.78 is 122. The lowest BCUT2D eigenvalue weighted by atomic mass is 9.96. The Kier molecular flexibility index (Phi) is 31.1. The molecule has 4 atom stereocenters. The van der Waals surface area contributed by atoms with E-state index in [9.17, 15) is 33.7 Å². The van der Waals surface area contributed by atoms with Gasteiger partial charge in [0.15, 0.2) is 0 Å². The number of aryl methyl sites for hydroxylation is 4. The van der Waals surface area contributed by atoms with Gasteiger partial charge in [0.25, 0.3) is 40.1 Å². The number of para-hydroxylation sites is 4. The van der Waals surface area contributed by atoms with Crippen molar-refractivity contribution in [2.24, 2.45) is 0 Å². The van der Waals surface area contributed by atoms with Crippen LogP contribution in [0.5, 0.6) is 0 Å². The predicted octanol–water partition coefficient (Wildman–Crippen LogP) is 14.7. The molecule has 4 heterocycles. The molecule has 4 unspecified atom stereocenters. The number of rotatable bonds is 24. The minimum atomic E-state index is -3.60. The monoisotopic (exact) mass is 1540 g/mol. The summed E-state index contributed by atoms with van der Waals surface area (Å²) in [6.45, 7) is 19.4. The molecule has 0 saturated heterocycles. The maximum absolute atomic E-state index is 13.3. The number of benzene rings is 8. The summed E-state index contributed by atoms with van der Waals surface area (Å²) in [5, 5.41) is 14.3. The van der Waals surface area contributed by atoms with Gasteiger partial charge in [-0.3, -0.25) is 17.2 Å². The van der Waals surface area contributed by atoms with Crippen LogP contribution < -0.4 is 38.5 Å². The van der Waals surface area contributed by atoms with Crippen LogP contribution in [-0.4, -0.2) is 121 Å². The van der Waals surface area contributed by atoms with Crippen LogP contribution in [0, 0.1) is 27.7 Å². The molecule has 0 spiro atoms. The van der Waals surface area contributed by atoms with Crippen molar-refractivity contribution in [2.45, 2.75) is 163 Å². The van der Waals surface area contributed by atoms with Crippen LogP contribution in [-0.2, 0) is 59.2 Å². The molecule has 8 aromatic rings. The lowest BCUT2D eigenvalue weighted by Crippen LogP contribution is -2.26. The molecule has 0 radical (unpaired) electrons. The van der Waals surface area contributed by atoms with Gasteiger partial charge in [-0.1, -0.05) is 180 Å². The van der Waals surface area contributed by atoms with Crippen LogP contribution in [0.3, 0.4) is 0 Å². The first-order valence-electron chi connectivity index (χ1n) is 37.0. The van der Waals surface area contributed by atoms with Crippen molar-refractivity contribution in [3.05, 3.63) is 237 Å². The third-order valence-corrected chi connectivity index (χ3v) is 27.0. The number of hydrogen-bond donors (Lipinski definition) is 4. The number of unbranched alkanes of at least 4 members (excludes halogenated alkanes) is 7. The predicted molar refractivity (Wildman–Crippen MR) is 428 cm³/mol. The second kappa shape index (κ2) is 39.3. The fourth-order valence-electron chi connectivity index (χ4n) is 13.9. The first-order valence-corrected chi connectivity index (χ1v) is 42.8. The van der Waals surface area contributed by atoms with E-state index < -0.39 is 40.1 Å². The summed E-state index contributed by atoms with van der Waals surface area (Å²) in [4.78, 5) is 17.8. The molecule has 576 valence electrons. The van der Waals surface area contributed by atoms with E-state index in [2.05, 4.69) is 35.1 Å². The summed E-state index contributed by atoms with van der Waals surface area (Å²) in [5.74, 6) is 0. The number of ether oxygens (including phenoxy) is 2. The van der Waals surface area contributed by atoms with Gasteiger partial charge in [0.05, 0.1) is 66.5 Å². The van der Waals surface area contributed by atoms with E-state index in [0.717, 1.165) is 136 Å². The fraction of sp³-hybridized carbons (Fsp3) is 0.410. The first kappa shape index (κ1) is 84.5. The van der Waals surface area contributed by atoms with Gasteiger partial charge in [0, 0.05) is 55.1 Å². The summed E-state index contributed by atoms with van der Waals surface area (Å²) in [6, 6.07) is 53.1. The number of nitrogens with one attached hydrogen (secondary N) is 4. The normalized spacial score (nSPS) is 17.7. The van der Waals surface area contributed by atoms with Crippen LogP contribution >= 0.6 is 0 Å². The largest absolute Gasteiger partial charge is 0.385 e. The van der Waals surface area contributed by atoms with Crippen molar-refractivity contribution in [1.29, 1.82) is 0 Å². The Morgan fingerprint density at radius 2 is 0.579 bits per heavy atom. The van der Waals surface area contributed by atoms with E-state index in [1.54, 1.807) is 59.6 Å². The third kappa shape index (κ3) is 20.1. The summed E-state index contributed by atoms with van der Waals surface area (Å²) in [6.07, 6.45) is 12.8. The smallest absolute Gasteiger partial charge is 0.373 e. The molecule has 0 amide bonds. The number of hydrogen-bond acceptors (Lipinski definition) is 16. The number of anilines is 4. The molecule has 0 aliphatic carbocycles. The zero-order valence-electron chi connectivity index (χ0n) is 64.0. The third-order valence-electron chi connectivity index (χ3n) is 19.7. The standard InChI is InChI=1S/C23H32N2O2S.C20H26N2O3S.C20H26N2O2S.C19H24N2O3S.CO2/c1-4-5-6-7-8-11-16-24-23-19-12-9-10-13-21(19)25(3)28(26,27)22-17-18(2)14-15-20(22)23;1-4-25-13-7-12-21-20-16-8-5-6-9-18(16)22(3)26(23,24)19-14-15(2)10-11-17(19)20;1-4-5-8-13-21-20-16-9-6-7-10-18(16)22(3)25(23,24)19-14-15(2)11-12-17(19)20;1-14-9-10-16-18(13-14)25(22,23)21(2)17-8-5-4-7-15(17)19(16)20-11-6-12-24-3;2-1-3/h9-10,12-15,17,23-24H,4-8,11,16H2,1-3H3;5-6,8-11,14,20-21H,4,7,12-13H2,1-3H3;6-7,9-12,14,20-21H,4-5,8,13H2,1-3H3;4-5,7-10,13,19-20H,6,11-12H2,1-3H3;. The van der Waals surface area contributed by atoms with Gasteiger partial charge in [-0.05, 0) is 202 Å². The minimum Gasteiger partial charge on any atom is -0.385 e. The Morgan fingerprint density at radius 1 is 0.336 bits per heavy atom. The number of fused-ring (bicyclic) bond motifs is 8. The van der Waals surface area contributed by atoms with Crippen LogP contribution in [0.25, 0.3) is 0 Å². The Bertz CT molecular complexity index is 4660. The highest BCUT2D eigenvalue weighted by molar-refractivity contribution is 7.93. The Morgan fingerprint density at radius 3 is 0.860 bits per heavy atom. The fourth-order valence-corrected chi connectivity index (χ4v) is 20.1. The number of nitrogens with zero attached hydrogens (tertiary/aromatic N) is 4. The van der Waals surface area contributed by atoms with E-state index in [0.29, 0.717) is 50.8 Å². The Labute approximate surface area is 636 Å². The zero-order valence-corrected chi connectivity index (χ0v) is 67.3.